The molecule has 6 nitrogen and oxygen atoms in total. The van der Waals surface area contributed by atoms with E-state index in [0.717, 1.165) is 12.8 Å². The number of nitrogens with two attached hydrogens (primary N) is 1. The summed E-state index contributed by atoms with van der Waals surface area (Å²) in [4.78, 5) is 13.3. The molecule has 9 heteroatoms. The van der Waals surface area contributed by atoms with Crippen LogP contribution in [-0.2, 0) is 6.18 Å². The highest BCUT2D eigenvalue weighted by Crippen LogP contribution is 2.42. The van der Waals surface area contributed by atoms with Gasteiger partial charge in [0, 0.05) is 12.1 Å². The number of nitrogens with zero attached hydrogens (tertiary/aromatic N) is 2. The Kier molecular flexibility index (Phi) is 3.79. The van der Waals surface area contributed by atoms with Crippen LogP contribution in [0.4, 0.5) is 24.5 Å². The normalized spacial score (nSPS) is 18.1. The zero-order valence-corrected chi connectivity index (χ0v) is 11.3. The fourth-order valence-corrected chi connectivity index (χ4v) is 2.20. The lowest BCUT2D eigenvalue weighted by Crippen LogP contribution is -2.44. The topological polar surface area (TPSA) is 94.1 Å². The van der Waals surface area contributed by atoms with E-state index in [2.05, 4.69) is 10.3 Å². The van der Waals surface area contributed by atoms with Crippen molar-refractivity contribution in [1.82, 2.24) is 4.98 Å². The molecule has 0 bridgehead atoms. The summed E-state index contributed by atoms with van der Waals surface area (Å²) in [5.74, 6) is 0.199. The summed E-state index contributed by atoms with van der Waals surface area (Å²) in [6.45, 7) is 1.92. The summed E-state index contributed by atoms with van der Waals surface area (Å²) in [6.07, 6.45) is -2.25. The Morgan fingerprint density at radius 1 is 1.52 bits per heavy atom. The Morgan fingerprint density at radius 2 is 2.14 bits per heavy atom. The van der Waals surface area contributed by atoms with Crippen molar-refractivity contribution in [1.29, 1.82) is 0 Å². The highest BCUT2D eigenvalue weighted by atomic mass is 19.4. The molecule has 0 amide bonds. The van der Waals surface area contributed by atoms with Gasteiger partial charge in [-0.2, -0.15) is 13.2 Å². The summed E-state index contributed by atoms with van der Waals surface area (Å²) in [7, 11) is 0. The van der Waals surface area contributed by atoms with Gasteiger partial charge in [0.1, 0.15) is 17.6 Å². The Bertz CT molecular complexity index is 560. The SMILES string of the molecule is CC(CN)(Nc1cc(C(F)(F)F)ncc1[N+](=O)[O-])C1CC1. The Hall–Kier alpha value is -1.90. The fourth-order valence-electron chi connectivity index (χ4n) is 2.20. The van der Waals surface area contributed by atoms with E-state index in [4.69, 9.17) is 5.73 Å². The van der Waals surface area contributed by atoms with Gasteiger partial charge in [-0.05, 0) is 31.7 Å². The maximum absolute atomic E-state index is 12.7. The van der Waals surface area contributed by atoms with Crippen molar-refractivity contribution in [2.45, 2.75) is 31.5 Å². The number of rotatable bonds is 5. The molecule has 2 rings (SSSR count). The average molecular weight is 304 g/mol. The van der Waals surface area contributed by atoms with Gasteiger partial charge in [0.2, 0.25) is 0 Å². The standard InChI is InChI=1S/C12H15F3N4O2/c1-11(6-16,7-2-3-7)18-8-4-10(12(13,14)15)17-5-9(8)19(20)21/h4-5,7H,2-3,6,16H2,1H3,(H,17,18). The van der Waals surface area contributed by atoms with E-state index >= 15 is 0 Å². The van der Waals surface area contributed by atoms with Gasteiger partial charge in [-0.1, -0.05) is 0 Å². The minimum absolute atomic E-state index is 0.165. The van der Waals surface area contributed by atoms with Gasteiger partial charge in [-0.25, -0.2) is 4.98 Å². The molecule has 116 valence electrons. The van der Waals surface area contributed by atoms with Crippen molar-refractivity contribution in [2.75, 3.05) is 11.9 Å². The van der Waals surface area contributed by atoms with Gasteiger partial charge in [0.05, 0.1) is 4.92 Å². The molecule has 1 fully saturated rings. The van der Waals surface area contributed by atoms with Crippen molar-refractivity contribution in [3.05, 3.63) is 28.1 Å². The van der Waals surface area contributed by atoms with Crippen LogP contribution in [0.15, 0.2) is 12.3 Å². The maximum Gasteiger partial charge on any atom is 0.433 e. The summed E-state index contributed by atoms with van der Waals surface area (Å²) < 4.78 is 38.1. The molecule has 1 aliphatic rings. The second-order valence-electron chi connectivity index (χ2n) is 5.36. The second-order valence-corrected chi connectivity index (χ2v) is 5.36. The van der Waals surface area contributed by atoms with E-state index in [1.807, 2.05) is 0 Å². The molecule has 3 N–H and O–H groups in total. The van der Waals surface area contributed by atoms with E-state index in [9.17, 15) is 23.3 Å². The molecule has 0 spiro atoms. The fraction of sp³-hybridized carbons (Fsp3) is 0.583. The Morgan fingerprint density at radius 3 is 2.57 bits per heavy atom. The van der Waals surface area contributed by atoms with Gasteiger partial charge in [-0.3, -0.25) is 10.1 Å². The number of alkyl halides is 3. The summed E-state index contributed by atoms with van der Waals surface area (Å²) in [6, 6.07) is 0.661. The zero-order chi connectivity index (χ0) is 15.8. The monoisotopic (exact) mass is 304 g/mol. The number of nitrogens with one attached hydrogen (secondary N) is 1. The number of aromatic nitrogens is 1. The summed E-state index contributed by atoms with van der Waals surface area (Å²) in [5, 5.41) is 13.8. The van der Waals surface area contributed by atoms with Crippen LogP contribution in [0.25, 0.3) is 0 Å². The molecule has 1 aromatic rings. The van der Waals surface area contributed by atoms with Crippen molar-refractivity contribution >= 4 is 11.4 Å². The molecular weight excluding hydrogens is 289 g/mol. The lowest BCUT2D eigenvalue weighted by atomic mass is 9.95. The van der Waals surface area contributed by atoms with Gasteiger partial charge < -0.3 is 11.1 Å². The second kappa shape index (κ2) is 5.14. The molecule has 1 saturated carbocycles. The smallest absolute Gasteiger partial charge is 0.373 e. The third-order valence-electron chi connectivity index (χ3n) is 3.69. The molecule has 1 atom stereocenters. The van der Waals surface area contributed by atoms with Crippen molar-refractivity contribution < 1.29 is 18.1 Å². The molecule has 1 aliphatic carbocycles. The Labute approximate surface area is 118 Å². The predicted octanol–water partition coefficient (Wildman–Crippen LogP) is 2.55. The lowest BCUT2D eigenvalue weighted by Gasteiger charge is -2.30. The molecule has 0 aliphatic heterocycles. The number of nitro groups is 1. The number of anilines is 1. The first-order valence-electron chi connectivity index (χ1n) is 6.37. The molecular formula is C12H15F3N4O2. The van der Waals surface area contributed by atoms with Crippen LogP contribution in [0.2, 0.25) is 0 Å². The van der Waals surface area contributed by atoms with E-state index in [-0.39, 0.29) is 18.2 Å². The molecule has 1 unspecified atom stereocenters. The van der Waals surface area contributed by atoms with E-state index in [1.165, 1.54) is 0 Å². The molecule has 1 heterocycles. The third kappa shape index (κ3) is 3.23. The van der Waals surface area contributed by atoms with Crippen LogP contribution in [-0.4, -0.2) is 22.0 Å². The minimum Gasteiger partial charge on any atom is -0.373 e. The van der Waals surface area contributed by atoms with E-state index in [1.54, 1.807) is 6.92 Å². The van der Waals surface area contributed by atoms with E-state index in [0.29, 0.717) is 12.3 Å². The van der Waals surface area contributed by atoms with Crippen LogP contribution < -0.4 is 11.1 Å². The predicted molar refractivity (Wildman–Crippen MR) is 69.7 cm³/mol. The largest absolute Gasteiger partial charge is 0.433 e. The first kappa shape index (κ1) is 15.5. The maximum atomic E-state index is 12.7. The van der Waals surface area contributed by atoms with E-state index < -0.39 is 28.0 Å². The summed E-state index contributed by atoms with van der Waals surface area (Å²) >= 11 is 0. The number of hydrogen-bond donors (Lipinski definition) is 2. The average Bonchev–Trinajstić information content (AvgIpc) is 3.21. The van der Waals surface area contributed by atoms with Crippen LogP contribution >= 0.6 is 0 Å². The van der Waals surface area contributed by atoms with Gasteiger partial charge in [0.25, 0.3) is 0 Å². The van der Waals surface area contributed by atoms with Gasteiger partial charge in [-0.15, -0.1) is 0 Å². The molecule has 0 saturated heterocycles. The van der Waals surface area contributed by atoms with Crippen molar-refractivity contribution in [2.24, 2.45) is 11.7 Å². The van der Waals surface area contributed by atoms with Crippen molar-refractivity contribution in [3.63, 3.8) is 0 Å². The number of pyridine rings is 1. The number of hydrogen-bond acceptors (Lipinski definition) is 5. The van der Waals surface area contributed by atoms with Crippen LogP contribution in [0.5, 0.6) is 0 Å². The lowest BCUT2D eigenvalue weighted by molar-refractivity contribution is -0.384. The molecule has 21 heavy (non-hydrogen) atoms. The molecule has 0 radical (unpaired) electrons. The summed E-state index contributed by atoms with van der Waals surface area (Å²) in [5.41, 5.74) is 3.13. The molecule has 1 aromatic heterocycles. The zero-order valence-electron chi connectivity index (χ0n) is 11.3. The molecule has 0 aromatic carbocycles. The minimum atomic E-state index is -4.66. The first-order valence-corrected chi connectivity index (χ1v) is 6.37. The van der Waals surface area contributed by atoms with Crippen LogP contribution in [0, 0.1) is 16.0 Å². The quantitative estimate of drug-likeness (QED) is 0.644. The van der Waals surface area contributed by atoms with Crippen molar-refractivity contribution in [3.8, 4) is 0 Å². The van der Waals surface area contributed by atoms with Gasteiger partial charge in [0.15, 0.2) is 0 Å². The van der Waals surface area contributed by atoms with Gasteiger partial charge >= 0.3 is 11.9 Å². The highest BCUT2D eigenvalue weighted by Gasteiger charge is 2.42. The van der Waals surface area contributed by atoms with Crippen LogP contribution in [0.3, 0.4) is 0 Å². The highest BCUT2D eigenvalue weighted by molar-refractivity contribution is 5.62. The Balaban J connectivity index is 2.41. The van der Waals surface area contributed by atoms with Crippen LogP contribution in [0.1, 0.15) is 25.5 Å². The number of halogens is 3. The first-order chi connectivity index (χ1) is 9.67. The third-order valence-corrected chi connectivity index (χ3v) is 3.69.